The molecule has 8 nitrogen and oxygen atoms in total. The molecule has 0 saturated carbocycles. The summed E-state index contributed by atoms with van der Waals surface area (Å²) in [6, 6.07) is 9.70. The SMILES string of the molecule is CCOC(=O)/C(Cc1c(N)nc(SCc2ccccc2)[nH]c1=O)=N\O. The molecule has 0 aliphatic rings. The molecule has 0 spiro atoms. The zero-order valence-corrected chi connectivity index (χ0v) is 14.4. The number of carbonyl (C=O) groups is 1. The molecule has 2 aromatic rings. The molecule has 132 valence electrons. The lowest BCUT2D eigenvalue weighted by Gasteiger charge is -2.08. The average Bonchev–Trinajstić information content (AvgIpc) is 2.60. The minimum atomic E-state index is -0.814. The summed E-state index contributed by atoms with van der Waals surface area (Å²) in [5.74, 6) is -0.217. The van der Waals surface area contributed by atoms with E-state index in [-0.39, 0.29) is 30.1 Å². The van der Waals surface area contributed by atoms with Crippen LogP contribution in [-0.4, -0.2) is 33.5 Å². The number of nitrogens with zero attached hydrogens (tertiary/aromatic N) is 2. The van der Waals surface area contributed by atoms with Gasteiger partial charge in [-0.05, 0) is 12.5 Å². The van der Waals surface area contributed by atoms with Crippen LogP contribution in [-0.2, 0) is 21.7 Å². The Bertz CT molecular complexity index is 821. The van der Waals surface area contributed by atoms with Gasteiger partial charge in [-0.1, -0.05) is 47.2 Å². The predicted molar refractivity (Wildman–Crippen MR) is 94.8 cm³/mol. The van der Waals surface area contributed by atoms with Crippen molar-refractivity contribution in [3.8, 4) is 0 Å². The lowest BCUT2D eigenvalue weighted by Crippen LogP contribution is -2.26. The molecule has 0 aliphatic carbocycles. The Balaban J connectivity index is 2.14. The van der Waals surface area contributed by atoms with Crippen LogP contribution in [0.3, 0.4) is 0 Å². The van der Waals surface area contributed by atoms with Crippen LogP contribution < -0.4 is 11.3 Å². The predicted octanol–water partition coefficient (Wildman–Crippen LogP) is 1.58. The number of rotatable bonds is 7. The first kappa shape index (κ1) is 18.5. The van der Waals surface area contributed by atoms with Gasteiger partial charge in [-0.15, -0.1) is 0 Å². The Morgan fingerprint density at radius 3 is 2.72 bits per heavy atom. The molecule has 1 aromatic heterocycles. The summed E-state index contributed by atoms with van der Waals surface area (Å²) in [4.78, 5) is 30.6. The van der Waals surface area contributed by atoms with E-state index in [9.17, 15) is 9.59 Å². The van der Waals surface area contributed by atoms with Gasteiger partial charge in [-0.2, -0.15) is 0 Å². The van der Waals surface area contributed by atoms with Crippen LogP contribution in [0.1, 0.15) is 18.1 Å². The molecule has 0 saturated heterocycles. The molecule has 25 heavy (non-hydrogen) atoms. The largest absolute Gasteiger partial charge is 0.461 e. The number of nitrogen functional groups attached to an aromatic ring is 1. The molecule has 0 fully saturated rings. The van der Waals surface area contributed by atoms with Crippen LogP contribution in [0.4, 0.5) is 5.82 Å². The van der Waals surface area contributed by atoms with Crippen LogP contribution in [0.15, 0.2) is 45.4 Å². The average molecular weight is 362 g/mol. The molecule has 0 radical (unpaired) electrons. The minimum absolute atomic E-state index is 0.0234. The lowest BCUT2D eigenvalue weighted by molar-refractivity contribution is -0.135. The number of aromatic nitrogens is 2. The fraction of sp³-hybridized carbons (Fsp3) is 0.250. The van der Waals surface area contributed by atoms with E-state index in [1.165, 1.54) is 11.8 Å². The third kappa shape index (κ3) is 5.08. The summed E-state index contributed by atoms with van der Waals surface area (Å²) >= 11 is 1.33. The standard InChI is InChI=1S/C16H18N4O4S/c1-2-24-15(22)12(20-23)8-11-13(17)18-16(19-14(11)21)25-9-10-6-4-3-5-7-10/h3-7,23H,2,8-9H2,1H3,(H3,17,18,19,21)/b20-12-. The first-order chi connectivity index (χ1) is 12.0. The highest BCUT2D eigenvalue weighted by atomic mass is 32.2. The van der Waals surface area contributed by atoms with E-state index in [2.05, 4.69) is 15.1 Å². The van der Waals surface area contributed by atoms with Gasteiger partial charge in [0.05, 0.1) is 12.2 Å². The highest BCUT2D eigenvalue weighted by Gasteiger charge is 2.19. The topological polar surface area (TPSA) is 131 Å². The number of carbonyl (C=O) groups excluding carboxylic acids is 1. The number of thioether (sulfide) groups is 1. The fourth-order valence-electron chi connectivity index (χ4n) is 1.99. The first-order valence-corrected chi connectivity index (χ1v) is 8.47. The molecule has 4 N–H and O–H groups in total. The number of nitrogens with one attached hydrogen (secondary N) is 1. The Kier molecular flexibility index (Phi) is 6.58. The van der Waals surface area contributed by atoms with E-state index in [1.54, 1.807) is 6.92 Å². The van der Waals surface area contributed by atoms with Gasteiger partial charge in [0.25, 0.3) is 5.56 Å². The Morgan fingerprint density at radius 2 is 2.12 bits per heavy atom. The maximum Gasteiger partial charge on any atom is 0.356 e. The van der Waals surface area contributed by atoms with Crippen molar-refractivity contribution in [2.75, 3.05) is 12.3 Å². The van der Waals surface area contributed by atoms with Crippen molar-refractivity contribution in [2.24, 2.45) is 5.16 Å². The second kappa shape index (κ2) is 8.88. The highest BCUT2D eigenvalue weighted by Crippen LogP contribution is 2.19. The number of hydrogen-bond donors (Lipinski definition) is 3. The second-order valence-corrected chi connectivity index (χ2v) is 5.92. The van der Waals surface area contributed by atoms with Gasteiger partial charge in [-0.25, -0.2) is 9.78 Å². The summed E-state index contributed by atoms with van der Waals surface area (Å²) in [5.41, 5.74) is 6.15. The molecule has 0 unspecified atom stereocenters. The highest BCUT2D eigenvalue weighted by molar-refractivity contribution is 7.98. The van der Waals surface area contributed by atoms with Gasteiger partial charge >= 0.3 is 5.97 Å². The Labute approximate surface area is 148 Å². The van der Waals surface area contributed by atoms with E-state index in [1.807, 2.05) is 30.3 Å². The van der Waals surface area contributed by atoms with Crippen LogP contribution in [0, 0.1) is 0 Å². The fourth-order valence-corrected chi connectivity index (χ4v) is 2.81. The quantitative estimate of drug-likeness (QED) is 0.170. The van der Waals surface area contributed by atoms with E-state index < -0.39 is 11.5 Å². The smallest absolute Gasteiger partial charge is 0.356 e. The zero-order chi connectivity index (χ0) is 18.2. The van der Waals surface area contributed by atoms with Crippen molar-refractivity contribution in [3.63, 3.8) is 0 Å². The number of oxime groups is 1. The van der Waals surface area contributed by atoms with Crippen molar-refractivity contribution in [3.05, 3.63) is 51.8 Å². The van der Waals surface area contributed by atoms with Crippen molar-refractivity contribution in [1.29, 1.82) is 0 Å². The summed E-state index contributed by atoms with van der Waals surface area (Å²) < 4.78 is 4.75. The molecule has 0 bridgehead atoms. The lowest BCUT2D eigenvalue weighted by atomic mass is 10.1. The third-order valence-corrected chi connectivity index (χ3v) is 4.16. The molecular formula is C16H18N4O4S. The molecule has 0 amide bonds. The maximum atomic E-state index is 12.2. The molecular weight excluding hydrogens is 344 g/mol. The summed E-state index contributed by atoms with van der Waals surface area (Å²) in [6.07, 6.45) is -0.271. The van der Waals surface area contributed by atoms with Gasteiger partial charge in [0, 0.05) is 12.2 Å². The van der Waals surface area contributed by atoms with E-state index in [4.69, 9.17) is 15.7 Å². The molecule has 0 atom stereocenters. The number of ether oxygens (including phenoxy) is 1. The van der Waals surface area contributed by atoms with Gasteiger partial charge < -0.3 is 20.7 Å². The Hall–Kier alpha value is -2.81. The van der Waals surface area contributed by atoms with Crippen LogP contribution in [0.25, 0.3) is 0 Å². The second-order valence-electron chi connectivity index (χ2n) is 4.95. The Morgan fingerprint density at radius 1 is 1.40 bits per heavy atom. The van der Waals surface area contributed by atoms with Gasteiger partial charge in [0.1, 0.15) is 5.82 Å². The van der Waals surface area contributed by atoms with E-state index in [0.29, 0.717) is 10.9 Å². The number of anilines is 1. The van der Waals surface area contributed by atoms with Crippen LogP contribution in [0.5, 0.6) is 0 Å². The van der Waals surface area contributed by atoms with E-state index >= 15 is 0 Å². The molecule has 2 rings (SSSR count). The monoisotopic (exact) mass is 362 g/mol. The van der Waals surface area contributed by atoms with Crippen LogP contribution >= 0.6 is 11.8 Å². The third-order valence-electron chi connectivity index (χ3n) is 3.22. The summed E-state index contributed by atoms with van der Waals surface area (Å²) in [7, 11) is 0. The van der Waals surface area contributed by atoms with Gasteiger partial charge in [-0.3, -0.25) is 4.79 Å². The minimum Gasteiger partial charge on any atom is -0.461 e. The zero-order valence-electron chi connectivity index (χ0n) is 13.6. The van der Waals surface area contributed by atoms with Crippen molar-refractivity contribution >= 4 is 29.3 Å². The van der Waals surface area contributed by atoms with Gasteiger partial charge in [0.15, 0.2) is 10.9 Å². The summed E-state index contributed by atoms with van der Waals surface area (Å²) in [5, 5.41) is 12.2. The van der Waals surface area contributed by atoms with Crippen LogP contribution in [0.2, 0.25) is 0 Å². The molecule has 0 aliphatic heterocycles. The number of nitrogens with two attached hydrogens (primary N) is 1. The number of benzene rings is 1. The summed E-state index contributed by atoms with van der Waals surface area (Å²) in [6.45, 7) is 1.74. The normalized spacial score (nSPS) is 11.3. The van der Waals surface area contributed by atoms with Crippen molar-refractivity contribution < 1.29 is 14.7 Å². The van der Waals surface area contributed by atoms with Gasteiger partial charge in [0.2, 0.25) is 0 Å². The van der Waals surface area contributed by atoms with Crippen molar-refractivity contribution in [2.45, 2.75) is 24.3 Å². The molecule has 9 heteroatoms. The number of hydrogen-bond acceptors (Lipinski definition) is 8. The maximum absolute atomic E-state index is 12.2. The number of H-pyrrole nitrogens is 1. The number of esters is 1. The molecule has 1 heterocycles. The first-order valence-electron chi connectivity index (χ1n) is 7.48. The van der Waals surface area contributed by atoms with Crippen molar-refractivity contribution in [1.82, 2.24) is 9.97 Å². The van der Waals surface area contributed by atoms with E-state index in [0.717, 1.165) is 5.56 Å². The number of aromatic amines is 1. The molecule has 1 aromatic carbocycles.